The number of nitrogens with zero attached hydrogens (tertiary/aromatic N) is 5. The maximum Gasteiger partial charge on any atom is 0.0769 e. The molecule has 3 rings (SSSR count). The van der Waals surface area contributed by atoms with Gasteiger partial charge in [-0.15, -0.1) is 11.3 Å². The number of hydrogen-bond acceptors (Lipinski definition) is 3. The predicted octanol–water partition coefficient (Wildman–Crippen LogP) is 4.55. The van der Waals surface area contributed by atoms with Gasteiger partial charge >= 0.3 is 0 Å². The molecule has 0 bridgehead atoms. The Balaban J connectivity index is 2.19. The molecule has 0 saturated heterocycles. The van der Waals surface area contributed by atoms with Crippen LogP contribution in [0.25, 0.3) is 31.4 Å². The fourth-order valence-electron chi connectivity index (χ4n) is 2.18. The average Bonchev–Trinajstić information content (AvgIpc) is 2.92. The van der Waals surface area contributed by atoms with Gasteiger partial charge in [0.2, 0.25) is 0 Å². The largest absolute Gasteiger partial charge is 0.264 e. The minimum atomic E-state index is -0.110. The van der Waals surface area contributed by atoms with Crippen molar-refractivity contribution in [3.63, 3.8) is 0 Å². The monoisotopic (exact) mass is 383 g/mol. The minimum Gasteiger partial charge on any atom is -0.264 e. The summed E-state index contributed by atoms with van der Waals surface area (Å²) < 4.78 is 4.45. The van der Waals surface area contributed by atoms with Crippen LogP contribution in [0.4, 0.5) is 0 Å². The van der Waals surface area contributed by atoms with Crippen molar-refractivity contribution in [2.24, 2.45) is 5.11 Å². The Morgan fingerprint density at radius 1 is 1.58 bits per heavy atom. The number of halogens is 1. The Labute approximate surface area is 127 Å². The molecule has 0 unspecified atom stereocenters. The highest BCUT2D eigenvalue weighted by Gasteiger charge is 2.11. The van der Waals surface area contributed by atoms with Gasteiger partial charge in [0.05, 0.1) is 20.6 Å². The zero-order valence-corrected chi connectivity index (χ0v) is 13.1. The average molecular weight is 383 g/mol. The van der Waals surface area contributed by atoms with Crippen molar-refractivity contribution >= 4 is 54.9 Å². The molecule has 0 fully saturated rings. The highest BCUT2D eigenvalue weighted by Crippen LogP contribution is 2.32. The zero-order chi connectivity index (χ0) is 13.4. The van der Waals surface area contributed by atoms with Gasteiger partial charge in [0, 0.05) is 26.9 Å². The van der Waals surface area contributed by atoms with E-state index in [0.29, 0.717) is 6.54 Å². The van der Waals surface area contributed by atoms with E-state index in [1.54, 1.807) is 11.3 Å². The molecule has 0 saturated carbocycles. The van der Waals surface area contributed by atoms with E-state index >= 15 is 0 Å². The molecule has 0 N–H and O–H groups in total. The molecule has 0 aliphatic rings. The normalized spacial score (nSPS) is 12.7. The van der Waals surface area contributed by atoms with Crippen LogP contribution in [0.1, 0.15) is 6.92 Å². The van der Waals surface area contributed by atoms with Crippen LogP contribution in [-0.4, -0.2) is 15.8 Å². The number of aromatic nitrogens is 2. The van der Waals surface area contributed by atoms with Crippen LogP contribution in [0.15, 0.2) is 29.5 Å². The number of azide groups is 1. The summed E-state index contributed by atoms with van der Waals surface area (Å²) >= 11 is 4.11. The van der Waals surface area contributed by atoms with Gasteiger partial charge < -0.3 is 0 Å². The first-order valence-corrected chi connectivity index (χ1v) is 7.66. The lowest BCUT2D eigenvalue weighted by atomic mass is 10.2. The van der Waals surface area contributed by atoms with E-state index < -0.39 is 0 Å². The predicted molar refractivity (Wildman–Crippen MR) is 86.4 cm³/mol. The molecule has 0 aliphatic carbocycles. The van der Waals surface area contributed by atoms with Crippen molar-refractivity contribution in [3.05, 3.63) is 37.7 Å². The van der Waals surface area contributed by atoms with Gasteiger partial charge in [-0.25, -0.2) is 0 Å². The zero-order valence-electron chi connectivity index (χ0n) is 10.1. The van der Waals surface area contributed by atoms with E-state index in [-0.39, 0.29) is 6.04 Å². The van der Waals surface area contributed by atoms with Gasteiger partial charge in [0.25, 0.3) is 0 Å². The summed E-state index contributed by atoms with van der Waals surface area (Å²) in [5.74, 6) is 0. The fourth-order valence-corrected chi connectivity index (χ4v) is 3.99. The van der Waals surface area contributed by atoms with E-state index in [0.717, 1.165) is 10.9 Å². The summed E-state index contributed by atoms with van der Waals surface area (Å²) in [6.45, 7) is 2.49. The Morgan fingerprint density at radius 2 is 2.42 bits per heavy atom. The standard InChI is InChI=1S/C12H10IN5S/c1-7(16-17-14)6-18-12-8(5-15-18)2-3-10-9(12)4-11(13)19-10/h2-5,7H,6H2,1H3/t7-/m0/s1. The Morgan fingerprint density at radius 3 is 3.21 bits per heavy atom. The second kappa shape index (κ2) is 4.99. The molecule has 0 amide bonds. The molecular formula is C12H10IN5S. The van der Waals surface area contributed by atoms with Crippen LogP contribution in [0.2, 0.25) is 0 Å². The molecule has 19 heavy (non-hydrogen) atoms. The number of rotatable bonds is 3. The van der Waals surface area contributed by atoms with Crippen LogP contribution < -0.4 is 0 Å². The maximum absolute atomic E-state index is 8.48. The summed E-state index contributed by atoms with van der Waals surface area (Å²) in [4.78, 5) is 2.85. The van der Waals surface area contributed by atoms with Crippen molar-refractivity contribution in [1.82, 2.24) is 9.78 Å². The molecule has 96 valence electrons. The fraction of sp³-hybridized carbons (Fsp3) is 0.250. The third-order valence-electron chi connectivity index (χ3n) is 2.95. The second-order valence-corrected chi connectivity index (χ2v) is 7.32. The number of hydrogen-bond donors (Lipinski definition) is 0. The van der Waals surface area contributed by atoms with Gasteiger partial charge in [0.15, 0.2) is 0 Å². The molecule has 0 radical (unpaired) electrons. The lowest BCUT2D eigenvalue weighted by Gasteiger charge is -2.07. The summed E-state index contributed by atoms with van der Waals surface area (Å²) in [7, 11) is 0. The maximum atomic E-state index is 8.48. The van der Waals surface area contributed by atoms with Crippen LogP contribution in [0.3, 0.4) is 0 Å². The van der Waals surface area contributed by atoms with Crippen LogP contribution in [0.5, 0.6) is 0 Å². The van der Waals surface area contributed by atoms with Crippen molar-refractivity contribution in [2.75, 3.05) is 0 Å². The number of thiophene rings is 1. The SMILES string of the molecule is C[C@@H](Cn1ncc2ccc3sc(I)cc3c21)N=[N+]=[N-]. The Bertz CT molecular complexity index is 799. The van der Waals surface area contributed by atoms with Crippen molar-refractivity contribution in [2.45, 2.75) is 19.5 Å². The molecule has 1 aromatic carbocycles. The highest BCUT2D eigenvalue weighted by molar-refractivity contribution is 14.1. The molecule has 2 aromatic heterocycles. The summed E-state index contributed by atoms with van der Waals surface area (Å²) in [5, 5.41) is 10.5. The first kappa shape index (κ1) is 12.7. The molecule has 7 heteroatoms. The smallest absolute Gasteiger partial charge is 0.0769 e. The quantitative estimate of drug-likeness (QED) is 0.283. The molecule has 1 atom stereocenters. The third kappa shape index (κ3) is 2.29. The lowest BCUT2D eigenvalue weighted by molar-refractivity contribution is 0.552. The number of benzene rings is 1. The molecule has 2 heterocycles. The minimum absolute atomic E-state index is 0.110. The molecule has 5 nitrogen and oxygen atoms in total. The van der Waals surface area contributed by atoms with E-state index in [4.69, 9.17) is 5.53 Å². The van der Waals surface area contributed by atoms with Gasteiger partial charge in [-0.1, -0.05) is 12.0 Å². The Hall–Kier alpha value is -1.31. The molecule has 0 spiro atoms. The van der Waals surface area contributed by atoms with E-state index in [1.807, 2.05) is 17.8 Å². The van der Waals surface area contributed by atoms with Crippen molar-refractivity contribution in [1.29, 1.82) is 0 Å². The van der Waals surface area contributed by atoms with E-state index in [1.165, 1.54) is 13.0 Å². The number of fused-ring (bicyclic) bond motifs is 3. The van der Waals surface area contributed by atoms with Crippen LogP contribution in [-0.2, 0) is 6.54 Å². The first-order valence-electron chi connectivity index (χ1n) is 5.77. The van der Waals surface area contributed by atoms with Crippen molar-refractivity contribution < 1.29 is 0 Å². The first-order chi connectivity index (χ1) is 9.19. The van der Waals surface area contributed by atoms with Crippen LogP contribution >= 0.6 is 33.9 Å². The van der Waals surface area contributed by atoms with Crippen molar-refractivity contribution in [3.8, 4) is 0 Å². The van der Waals surface area contributed by atoms with Gasteiger partial charge in [0.1, 0.15) is 0 Å². The van der Waals surface area contributed by atoms with E-state index in [2.05, 4.69) is 55.9 Å². The molecule has 0 aliphatic heterocycles. The Kier molecular flexibility index (Phi) is 3.34. The van der Waals surface area contributed by atoms with Gasteiger partial charge in [-0.3, -0.25) is 4.68 Å². The summed E-state index contributed by atoms with van der Waals surface area (Å²) in [6, 6.07) is 6.29. The second-order valence-electron chi connectivity index (χ2n) is 4.35. The molecular weight excluding hydrogens is 373 g/mol. The summed E-state index contributed by atoms with van der Waals surface area (Å²) in [5.41, 5.74) is 9.60. The lowest BCUT2D eigenvalue weighted by Crippen LogP contribution is -2.10. The highest BCUT2D eigenvalue weighted by atomic mass is 127. The summed E-state index contributed by atoms with van der Waals surface area (Å²) in [6.07, 6.45) is 1.86. The van der Waals surface area contributed by atoms with Crippen LogP contribution in [0, 0.1) is 2.88 Å². The van der Waals surface area contributed by atoms with E-state index in [9.17, 15) is 0 Å². The molecule has 3 aromatic rings. The van der Waals surface area contributed by atoms with Gasteiger partial charge in [-0.05, 0) is 46.3 Å². The van der Waals surface area contributed by atoms with Gasteiger partial charge in [-0.2, -0.15) is 5.10 Å². The topological polar surface area (TPSA) is 66.6 Å². The third-order valence-corrected chi connectivity index (χ3v) is 4.81.